The summed E-state index contributed by atoms with van der Waals surface area (Å²) in [6, 6.07) is 0.215. The molecule has 0 bridgehead atoms. The van der Waals surface area contributed by atoms with Gasteiger partial charge in [-0.2, -0.15) is 4.98 Å². The van der Waals surface area contributed by atoms with Gasteiger partial charge in [-0.1, -0.05) is 16.5 Å². The lowest BCUT2D eigenvalue weighted by Gasteiger charge is -2.19. The molecule has 20 heavy (non-hydrogen) atoms. The third-order valence-corrected chi connectivity index (χ3v) is 4.08. The average molecular weight is 295 g/mol. The fourth-order valence-corrected chi connectivity index (χ4v) is 3.19. The first-order valence-corrected chi connectivity index (χ1v) is 7.57. The van der Waals surface area contributed by atoms with E-state index < -0.39 is 0 Å². The van der Waals surface area contributed by atoms with Crippen LogP contribution in [0.15, 0.2) is 4.52 Å². The maximum atomic E-state index is 5.35. The van der Waals surface area contributed by atoms with Crippen LogP contribution in [-0.4, -0.2) is 38.4 Å². The minimum Gasteiger partial charge on any atom is -0.469 e. The first-order valence-electron chi connectivity index (χ1n) is 6.75. The molecule has 3 heterocycles. The number of hydrogen-bond acceptors (Lipinski definition) is 8. The van der Waals surface area contributed by atoms with Crippen molar-refractivity contribution in [3.8, 4) is 5.19 Å². The largest absolute Gasteiger partial charge is 0.469 e. The first kappa shape index (κ1) is 13.4. The average Bonchev–Trinajstić information content (AvgIpc) is 3.12. The number of ether oxygens (including phenoxy) is 1. The number of aryl methyl sites for hydroxylation is 1. The van der Waals surface area contributed by atoms with Gasteiger partial charge >= 0.3 is 0 Å². The first-order chi connectivity index (χ1) is 9.76. The predicted molar refractivity (Wildman–Crippen MR) is 72.5 cm³/mol. The quantitative estimate of drug-likeness (QED) is 0.834. The standard InChI is InChI=1S/C12H17N5O2S/c1-3-18-12-15-14-10(20-12)7-17-6-4-5-9(17)11-13-8(2)19-16-11/h9H,3-7H2,1-2H3/t9-/m1/s1. The van der Waals surface area contributed by atoms with Crippen molar-refractivity contribution in [3.63, 3.8) is 0 Å². The molecular formula is C12H17N5O2S. The predicted octanol–water partition coefficient (Wildman–Crippen LogP) is 1.97. The topological polar surface area (TPSA) is 77.2 Å². The van der Waals surface area contributed by atoms with Gasteiger partial charge in [0.25, 0.3) is 5.19 Å². The summed E-state index contributed by atoms with van der Waals surface area (Å²) in [5.74, 6) is 1.39. The minimum absolute atomic E-state index is 0.215. The Morgan fingerprint density at radius 2 is 2.35 bits per heavy atom. The summed E-state index contributed by atoms with van der Waals surface area (Å²) in [5, 5.41) is 13.8. The van der Waals surface area contributed by atoms with Gasteiger partial charge in [-0.25, -0.2) is 0 Å². The van der Waals surface area contributed by atoms with Crippen molar-refractivity contribution < 1.29 is 9.26 Å². The van der Waals surface area contributed by atoms with Crippen LogP contribution in [0.1, 0.15) is 42.5 Å². The molecule has 0 aromatic carbocycles. The normalized spacial score (nSPS) is 19.6. The highest BCUT2D eigenvalue weighted by Gasteiger charge is 2.30. The summed E-state index contributed by atoms with van der Waals surface area (Å²) in [4.78, 5) is 6.66. The molecule has 1 fully saturated rings. The van der Waals surface area contributed by atoms with E-state index in [0.717, 1.165) is 36.8 Å². The Hall–Kier alpha value is -1.54. The molecule has 2 aromatic heterocycles. The summed E-state index contributed by atoms with van der Waals surface area (Å²) in [5.41, 5.74) is 0. The number of nitrogens with zero attached hydrogens (tertiary/aromatic N) is 5. The van der Waals surface area contributed by atoms with Gasteiger partial charge in [0.1, 0.15) is 5.01 Å². The van der Waals surface area contributed by atoms with Crippen LogP contribution in [0.3, 0.4) is 0 Å². The highest BCUT2D eigenvalue weighted by molar-refractivity contribution is 7.13. The van der Waals surface area contributed by atoms with E-state index in [4.69, 9.17) is 9.26 Å². The summed E-state index contributed by atoms with van der Waals surface area (Å²) in [7, 11) is 0. The molecule has 0 radical (unpaired) electrons. The lowest BCUT2D eigenvalue weighted by molar-refractivity contribution is 0.233. The maximum absolute atomic E-state index is 5.35. The van der Waals surface area contributed by atoms with Crippen LogP contribution in [0.25, 0.3) is 0 Å². The fourth-order valence-electron chi connectivity index (χ4n) is 2.42. The van der Waals surface area contributed by atoms with Crippen LogP contribution in [0.5, 0.6) is 5.19 Å². The Labute approximate surface area is 121 Å². The lowest BCUT2D eigenvalue weighted by atomic mass is 10.2. The Bertz CT molecular complexity index is 570. The summed E-state index contributed by atoms with van der Waals surface area (Å²) >= 11 is 1.50. The Balaban J connectivity index is 1.69. The monoisotopic (exact) mass is 295 g/mol. The number of aromatic nitrogens is 4. The Morgan fingerprint density at radius 3 is 3.10 bits per heavy atom. The van der Waals surface area contributed by atoms with Crippen LogP contribution in [0, 0.1) is 6.92 Å². The molecule has 1 aliphatic heterocycles. The third-order valence-electron chi connectivity index (χ3n) is 3.26. The fraction of sp³-hybridized carbons (Fsp3) is 0.667. The number of likely N-dealkylation sites (tertiary alicyclic amines) is 1. The molecule has 1 atom stereocenters. The van der Waals surface area contributed by atoms with E-state index in [1.165, 1.54) is 11.3 Å². The van der Waals surface area contributed by atoms with E-state index in [1.54, 1.807) is 0 Å². The molecule has 1 aliphatic rings. The van der Waals surface area contributed by atoms with E-state index >= 15 is 0 Å². The summed E-state index contributed by atoms with van der Waals surface area (Å²) in [6.07, 6.45) is 2.19. The summed E-state index contributed by atoms with van der Waals surface area (Å²) < 4.78 is 10.4. The SMILES string of the molecule is CCOc1nnc(CN2CCC[C@@H]2c2noc(C)n2)s1. The van der Waals surface area contributed by atoms with Crippen LogP contribution in [0.4, 0.5) is 0 Å². The van der Waals surface area contributed by atoms with Crippen molar-refractivity contribution in [2.45, 2.75) is 39.3 Å². The Kier molecular flexibility index (Phi) is 3.93. The van der Waals surface area contributed by atoms with Crippen molar-refractivity contribution in [2.24, 2.45) is 0 Å². The molecule has 0 amide bonds. The van der Waals surface area contributed by atoms with Crippen molar-refractivity contribution in [1.82, 2.24) is 25.2 Å². The Morgan fingerprint density at radius 1 is 1.45 bits per heavy atom. The van der Waals surface area contributed by atoms with Crippen molar-refractivity contribution in [2.75, 3.05) is 13.2 Å². The van der Waals surface area contributed by atoms with Gasteiger partial charge in [-0.3, -0.25) is 4.90 Å². The number of hydrogen-bond donors (Lipinski definition) is 0. The minimum atomic E-state index is 0.215. The molecule has 108 valence electrons. The lowest BCUT2D eigenvalue weighted by Crippen LogP contribution is -2.23. The second-order valence-corrected chi connectivity index (χ2v) is 5.72. The smallest absolute Gasteiger partial charge is 0.294 e. The van der Waals surface area contributed by atoms with Crippen LogP contribution in [0.2, 0.25) is 0 Å². The van der Waals surface area contributed by atoms with E-state index in [9.17, 15) is 0 Å². The van der Waals surface area contributed by atoms with E-state index in [0.29, 0.717) is 17.7 Å². The van der Waals surface area contributed by atoms with Gasteiger partial charge in [-0.15, -0.1) is 10.2 Å². The molecule has 1 saturated heterocycles. The van der Waals surface area contributed by atoms with Crippen LogP contribution >= 0.6 is 11.3 Å². The highest BCUT2D eigenvalue weighted by atomic mass is 32.1. The van der Waals surface area contributed by atoms with Gasteiger partial charge in [0.05, 0.1) is 19.2 Å². The zero-order valence-corrected chi connectivity index (χ0v) is 12.4. The van der Waals surface area contributed by atoms with Crippen molar-refractivity contribution in [1.29, 1.82) is 0 Å². The molecule has 0 spiro atoms. The zero-order chi connectivity index (χ0) is 13.9. The highest BCUT2D eigenvalue weighted by Crippen LogP contribution is 2.32. The second kappa shape index (κ2) is 5.84. The van der Waals surface area contributed by atoms with Crippen molar-refractivity contribution >= 4 is 11.3 Å². The molecular weight excluding hydrogens is 278 g/mol. The maximum Gasteiger partial charge on any atom is 0.294 e. The van der Waals surface area contributed by atoms with E-state index in [2.05, 4.69) is 25.2 Å². The zero-order valence-electron chi connectivity index (χ0n) is 11.6. The van der Waals surface area contributed by atoms with Gasteiger partial charge in [0.2, 0.25) is 5.89 Å². The molecule has 8 heteroatoms. The molecule has 3 rings (SSSR count). The molecule has 7 nitrogen and oxygen atoms in total. The van der Waals surface area contributed by atoms with Crippen LogP contribution in [-0.2, 0) is 6.54 Å². The summed E-state index contributed by atoms with van der Waals surface area (Å²) in [6.45, 7) is 6.14. The van der Waals surface area contributed by atoms with E-state index in [-0.39, 0.29) is 6.04 Å². The van der Waals surface area contributed by atoms with E-state index in [1.807, 2.05) is 13.8 Å². The molecule has 0 N–H and O–H groups in total. The van der Waals surface area contributed by atoms with Gasteiger partial charge in [0, 0.05) is 6.92 Å². The molecule has 0 saturated carbocycles. The molecule has 0 unspecified atom stereocenters. The number of rotatable bonds is 5. The van der Waals surface area contributed by atoms with Crippen molar-refractivity contribution in [3.05, 3.63) is 16.7 Å². The molecule has 0 aliphatic carbocycles. The second-order valence-electron chi connectivity index (χ2n) is 4.69. The molecule has 2 aromatic rings. The van der Waals surface area contributed by atoms with Gasteiger partial charge in [-0.05, 0) is 26.3 Å². The van der Waals surface area contributed by atoms with Gasteiger partial charge in [0.15, 0.2) is 5.82 Å². The van der Waals surface area contributed by atoms with Gasteiger partial charge < -0.3 is 9.26 Å². The van der Waals surface area contributed by atoms with Crippen LogP contribution < -0.4 is 4.74 Å². The third kappa shape index (κ3) is 2.80.